The molecule has 0 spiro atoms. The fourth-order valence-corrected chi connectivity index (χ4v) is 5.42. The molecule has 7 nitrogen and oxygen atoms in total. The number of carbonyl (C=O) groups is 1. The number of carboxylic acids is 1. The fourth-order valence-electron chi connectivity index (χ4n) is 5.42. The van der Waals surface area contributed by atoms with Crippen LogP contribution in [0.3, 0.4) is 0 Å². The third-order valence-corrected chi connectivity index (χ3v) is 7.27. The van der Waals surface area contributed by atoms with Gasteiger partial charge in [-0.1, -0.05) is 38.1 Å². The Balaban J connectivity index is 0.000000602. The van der Waals surface area contributed by atoms with Gasteiger partial charge in [-0.25, -0.2) is 8.91 Å². The summed E-state index contributed by atoms with van der Waals surface area (Å²) in [7, 11) is 0. The Kier molecular flexibility index (Phi) is 10.4. The zero-order chi connectivity index (χ0) is 32.9. The molecule has 0 saturated heterocycles. The third kappa shape index (κ3) is 7.75. The zero-order valence-electron chi connectivity index (χ0n) is 27.1. The number of hydrogen-bond acceptors (Lipinski definition) is 5. The van der Waals surface area contributed by atoms with Gasteiger partial charge in [0.1, 0.15) is 0 Å². The van der Waals surface area contributed by atoms with Crippen molar-refractivity contribution in [2.24, 2.45) is 0 Å². The maximum absolute atomic E-state index is 15.3. The first-order valence-electron chi connectivity index (χ1n) is 15.3. The molecule has 0 atom stereocenters. The number of ether oxygens (including phenoxy) is 1. The number of aliphatic hydroxyl groups is 1. The second-order valence-corrected chi connectivity index (χ2v) is 11.9. The van der Waals surface area contributed by atoms with E-state index < -0.39 is 17.4 Å². The van der Waals surface area contributed by atoms with Gasteiger partial charge in [0.2, 0.25) is 0 Å². The van der Waals surface area contributed by atoms with Crippen molar-refractivity contribution in [3.63, 3.8) is 0 Å². The maximum Gasteiger partial charge on any atom is 0.307 e. The fraction of sp³-hybridized carbons (Fsp3) is 0.324. The van der Waals surface area contributed by atoms with Gasteiger partial charge in [0, 0.05) is 40.8 Å². The highest BCUT2D eigenvalue weighted by molar-refractivity contribution is 5.91. The van der Waals surface area contributed by atoms with Gasteiger partial charge in [0.25, 0.3) is 0 Å². The van der Waals surface area contributed by atoms with E-state index in [4.69, 9.17) is 14.9 Å². The zero-order valence-corrected chi connectivity index (χ0v) is 27.1. The molecular weight excluding hydrogens is 569 g/mol. The van der Waals surface area contributed by atoms with Gasteiger partial charge in [-0.2, -0.15) is 5.10 Å². The minimum absolute atomic E-state index is 0.177. The van der Waals surface area contributed by atoms with E-state index in [9.17, 15) is 9.90 Å². The van der Waals surface area contributed by atoms with Crippen molar-refractivity contribution in [3.8, 4) is 39.3 Å². The molecule has 45 heavy (non-hydrogen) atoms. The SMILES string of the molecule is CC.CC(C)(C)O.Cc1cn2nc(-c3cccc(-c4cccnc4)c3)cc2c(-c2cc(F)c3c(c2C)CCCO3)c1CC(=O)O. The molecule has 1 aliphatic rings. The number of aryl methyl sites for hydroxylation is 1. The highest BCUT2D eigenvalue weighted by Crippen LogP contribution is 2.41. The number of benzene rings is 2. The minimum atomic E-state index is -0.943. The molecule has 2 aromatic carbocycles. The van der Waals surface area contributed by atoms with E-state index in [1.807, 2.05) is 76.5 Å². The Morgan fingerprint density at radius 1 is 1.04 bits per heavy atom. The molecule has 1 aliphatic heterocycles. The lowest BCUT2D eigenvalue weighted by molar-refractivity contribution is -0.136. The Morgan fingerprint density at radius 3 is 2.40 bits per heavy atom. The first-order valence-corrected chi connectivity index (χ1v) is 15.3. The molecule has 2 N–H and O–H groups in total. The van der Waals surface area contributed by atoms with Gasteiger partial charge in [-0.15, -0.1) is 0 Å². The Labute approximate surface area is 264 Å². The summed E-state index contributed by atoms with van der Waals surface area (Å²) in [6, 6.07) is 15.4. The van der Waals surface area contributed by atoms with E-state index in [0.717, 1.165) is 51.0 Å². The quantitative estimate of drug-likeness (QED) is 0.208. The summed E-state index contributed by atoms with van der Waals surface area (Å²) >= 11 is 0. The average molecular weight is 612 g/mol. The van der Waals surface area contributed by atoms with Crippen molar-refractivity contribution in [1.29, 1.82) is 0 Å². The van der Waals surface area contributed by atoms with Gasteiger partial charge in [0.05, 0.1) is 29.8 Å². The van der Waals surface area contributed by atoms with E-state index in [1.54, 1.807) is 31.5 Å². The van der Waals surface area contributed by atoms with E-state index in [2.05, 4.69) is 11.1 Å². The van der Waals surface area contributed by atoms with Crippen LogP contribution in [0.25, 0.3) is 39.0 Å². The van der Waals surface area contributed by atoms with E-state index in [-0.39, 0.29) is 6.42 Å². The first kappa shape index (κ1) is 33.3. The third-order valence-electron chi connectivity index (χ3n) is 7.27. The van der Waals surface area contributed by atoms with Crippen LogP contribution in [-0.2, 0) is 17.6 Å². The Hall–Kier alpha value is -4.56. The summed E-state index contributed by atoms with van der Waals surface area (Å²) in [6.07, 6.45) is 6.76. The van der Waals surface area contributed by atoms with Crippen LogP contribution in [0.15, 0.2) is 67.1 Å². The summed E-state index contributed by atoms with van der Waals surface area (Å²) in [6.45, 7) is 13.6. The van der Waals surface area contributed by atoms with Gasteiger partial charge in [0.15, 0.2) is 11.6 Å². The molecule has 0 aliphatic carbocycles. The normalized spacial score (nSPS) is 12.3. The lowest BCUT2D eigenvalue weighted by atomic mass is 9.88. The molecular formula is C37H42FN3O4. The molecule has 5 aromatic rings. The van der Waals surface area contributed by atoms with Crippen LogP contribution in [0.2, 0.25) is 0 Å². The van der Waals surface area contributed by atoms with Crippen LogP contribution in [0.4, 0.5) is 4.39 Å². The topological polar surface area (TPSA) is 97.0 Å². The minimum Gasteiger partial charge on any atom is -0.490 e. The van der Waals surface area contributed by atoms with Crippen LogP contribution in [-0.4, -0.2) is 43.0 Å². The van der Waals surface area contributed by atoms with Crippen LogP contribution in [0.1, 0.15) is 63.3 Å². The molecule has 0 bridgehead atoms. The van der Waals surface area contributed by atoms with Gasteiger partial charge >= 0.3 is 5.97 Å². The molecule has 0 saturated carbocycles. The second-order valence-electron chi connectivity index (χ2n) is 11.9. The smallest absolute Gasteiger partial charge is 0.307 e. The number of nitrogens with zero attached hydrogens (tertiary/aromatic N) is 3. The Bertz CT molecular complexity index is 1800. The van der Waals surface area contributed by atoms with Crippen LogP contribution in [0, 0.1) is 19.7 Å². The van der Waals surface area contributed by atoms with E-state index >= 15 is 4.39 Å². The first-order chi connectivity index (χ1) is 21.4. The number of pyridine rings is 2. The van der Waals surface area contributed by atoms with Crippen molar-refractivity contribution < 1.29 is 24.1 Å². The highest BCUT2D eigenvalue weighted by atomic mass is 19.1. The number of aliphatic carboxylic acids is 1. The van der Waals surface area contributed by atoms with Gasteiger partial charge < -0.3 is 14.9 Å². The van der Waals surface area contributed by atoms with Crippen molar-refractivity contribution in [2.75, 3.05) is 6.61 Å². The molecule has 0 radical (unpaired) electrons. The Morgan fingerprint density at radius 2 is 1.73 bits per heavy atom. The van der Waals surface area contributed by atoms with E-state index in [1.165, 1.54) is 6.07 Å². The predicted molar refractivity (Wildman–Crippen MR) is 177 cm³/mol. The molecule has 6 rings (SSSR count). The molecule has 8 heteroatoms. The predicted octanol–water partition coefficient (Wildman–Crippen LogP) is 8.24. The molecule has 4 heterocycles. The monoisotopic (exact) mass is 611 g/mol. The number of rotatable bonds is 5. The number of halogens is 1. The molecule has 0 unspecified atom stereocenters. The summed E-state index contributed by atoms with van der Waals surface area (Å²) < 4.78 is 22.7. The molecule has 3 aromatic heterocycles. The second kappa shape index (κ2) is 14.0. The van der Waals surface area contributed by atoms with E-state index in [0.29, 0.717) is 35.5 Å². The number of hydrogen-bond donors (Lipinski definition) is 2. The largest absolute Gasteiger partial charge is 0.490 e. The summed E-state index contributed by atoms with van der Waals surface area (Å²) in [5.41, 5.74) is 8.45. The number of fused-ring (bicyclic) bond motifs is 2. The summed E-state index contributed by atoms with van der Waals surface area (Å²) in [4.78, 5) is 16.1. The van der Waals surface area contributed by atoms with Crippen LogP contribution < -0.4 is 4.74 Å². The van der Waals surface area contributed by atoms with Gasteiger partial charge in [-0.3, -0.25) is 9.78 Å². The average Bonchev–Trinajstić information content (AvgIpc) is 3.44. The van der Waals surface area contributed by atoms with Crippen LogP contribution >= 0.6 is 0 Å². The highest BCUT2D eigenvalue weighted by Gasteiger charge is 2.25. The number of carboxylic acid groups (broad SMARTS) is 1. The molecule has 0 amide bonds. The van der Waals surface area contributed by atoms with Crippen LogP contribution in [0.5, 0.6) is 5.75 Å². The van der Waals surface area contributed by atoms with Crippen molar-refractivity contribution >= 4 is 11.5 Å². The molecule has 236 valence electrons. The van der Waals surface area contributed by atoms with Crippen molar-refractivity contribution in [3.05, 3.63) is 95.2 Å². The standard InChI is InChI=1S/C31H26FN3O3.C4H10O.C2H6/c1-18-17-35-28(15-27(34-35)21-7-3-6-20(12-21)22-8-4-10-33-16-22)30(24(18)14-29(36)37)25-13-26(32)31-23(19(25)2)9-5-11-38-31;1-4(2,3)5;1-2/h3-4,6-8,10,12-13,15-17H,5,9,11,14H2,1-2H3,(H,36,37);5H,1-3H3;1-2H3. The summed E-state index contributed by atoms with van der Waals surface area (Å²) in [5.74, 6) is -1.06. The number of aromatic nitrogens is 3. The summed E-state index contributed by atoms with van der Waals surface area (Å²) in [5, 5.41) is 23.1. The maximum atomic E-state index is 15.3. The van der Waals surface area contributed by atoms with Crippen molar-refractivity contribution in [2.45, 2.75) is 73.3 Å². The van der Waals surface area contributed by atoms with Crippen molar-refractivity contribution in [1.82, 2.24) is 14.6 Å². The van der Waals surface area contributed by atoms with Gasteiger partial charge in [-0.05, 0) is 99.5 Å². The molecule has 0 fully saturated rings. The lowest BCUT2D eigenvalue weighted by Gasteiger charge is -2.23. The lowest BCUT2D eigenvalue weighted by Crippen LogP contribution is -2.13.